The number of nitroso groups, excluding NO2 is 1. The third kappa shape index (κ3) is 1.99. The van der Waals surface area contributed by atoms with Gasteiger partial charge in [-0.1, -0.05) is 0 Å². The standard InChI is InChI=1S/C6H7NO2S3/c1-9-5-4(3-7-8)11-12-6(5)10-2/h3H,1-2H3/b4-3-. The molecule has 0 aromatic rings. The van der Waals surface area contributed by atoms with Crippen molar-refractivity contribution in [3.05, 3.63) is 26.0 Å². The smallest absolute Gasteiger partial charge is 0.155 e. The quantitative estimate of drug-likeness (QED) is 0.540. The molecule has 0 unspecified atom stereocenters. The summed E-state index contributed by atoms with van der Waals surface area (Å²) in [6, 6.07) is 0. The lowest BCUT2D eigenvalue weighted by Gasteiger charge is -2.00. The fraction of sp³-hybridized carbons (Fsp3) is 0.333. The van der Waals surface area contributed by atoms with E-state index in [0.717, 1.165) is 14.9 Å². The third-order valence-electron chi connectivity index (χ3n) is 1.18. The van der Waals surface area contributed by atoms with Crippen LogP contribution in [0.1, 0.15) is 0 Å². The van der Waals surface area contributed by atoms with E-state index in [1.165, 1.54) is 17.0 Å². The average molecular weight is 221 g/mol. The monoisotopic (exact) mass is 221 g/mol. The van der Waals surface area contributed by atoms with E-state index in [2.05, 4.69) is 5.18 Å². The topological polar surface area (TPSA) is 38.7 Å². The van der Waals surface area contributed by atoms with Crippen molar-refractivity contribution in [2.24, 2.45) is 5.18 Å². The number of rotatable bonds is 3. The summed E-state index contributed by atoms with van der Waals surface area (Å²) < 4.78 is 6.21. The molecule has 1 heterocycles. The molecule has 0 saturated heterocycles. The van der Waals surface area contributed by atoms with Gasteiger partial charge >= 0.3 is 0 Å². The summed E-state index contributed by atoms with van der Waals surface area (Å²) in [6.07, 6.45) is 3.25. The Morgan fingerprint density at radius 3 is 2.83 bits per heavy atom. The van der Waals surface area contributed by atoms with E-state index in [0.29, 0.717) is 0 Å². The van der Waals surface area contributed by atoms with Crippen molar-refractivity contribution < 1.29 is 4.74 Å². The largest absolute Gasteiger partial charge is 0.494 e. The number of hydrogen-bond acceptors (Lipinski definition) is 6. The summed E-state index contributed by atoms with van der Waals surface area (Å²) in [5.74, 6) is 0.761. The van der Waals surface area contributed by atoms with Crippen LogP contribution in [0.2, 0.25) is 0 Å². The number of hydrogen-bond donors (Lipinski definition) is 0. The summed E-state index contributed by atoms with van der Waals surface area (Å²) in [6.45, 7) is 0. The molecule has 0 spiro atoms. The van der Waals surface area contributed by atoms with Gasteiger partial charge in [0.2, 0.25) is 0 Å². The molecule has 0 fully saturated rings. The van der Waals surface area contributed by atoms with E-state index in [9.17, 15) is 4.91 Å². The molecule has 1 rings (SSSR count). The van der Waals surface area contributed by atoms with Gasteiger partial charge in [-0.3, -0.25) is 0 Å². The molecule has 12 heavy (non-hydrogen) atoms. The van der Waals surface area contributed by atoms with Crippen LogP contribution in [0.3, 0.4) is 0 Å². The van der Waals surface area contributed by atoms with Crippen LogP contribution >= 0.6 is 33.3 Å². The van der Waals surface area contributed by atoms with Gasteiger partial charge in [-0.25, -0.2) is 0 Å². The molecule has 0 aromatic carbocycles. The minimum atomic E-state index is 0.761. The normalized spacial score (nSPS) is 20.3. The SMILES string of the molecule is COC1=C(SC)SS/C1=C\N=O. The highest BCUT2D eigenvalue weighted by Crippen LogP contribution is 2.53. The zero-order valence-electron chi connectivity index (χ0n) is 6.57. The van der Waals surface area contributed by atoms with Crippen LogP contribution in [0.25, 0.3) is 0 Å². The maximum atomic E-state index is 9.98. The first kappa shape index (κ1) is 10.0. The molecular weight excluding hydrogens is 214 g/mol. The van der Waals surface area contributed by atoms with E-state index in [1.54, 1.807) is 29.7 Å². The van der Waals surface area contributed by atoms with E-state index in [4.69, 9.17) is 4.74 Å². The highest BCUT2D eigenvalue weighted by Gasteiger charge is 2.22. The maximum absolute atomic E-state index is 9.98. The lowest BCUT2D eigenvalue weighted by atomic mass is 10.5. The van der Waals surface area contributed by atoms with Crippen molar-refractivity contribution in [2.75, 3.05) is 13.4 Å². The molecule has 1 aliphatic rings. The second-order valence-corrected chi connectivity index (χ2v) is 5.05. The minimum Gasteiger partial charge on any atom is -0.494 e. The summed E-state index contributed by atoms with van der Waals surface area (Å²) in [4.78, 5) is 10.8. The fourth-order valence-corrected chi connectivity index (χ4v) is 4.26. The lowest BCUT2D eigenvalue weighted by molar-refractivity contribution is 0.306. The van der Waals surface area contributed by atoms with E-state index < -0.39 is 0 Å². The van der Waals surface area contributed by atoms with Gasteiger partial charge in [0.25, 0.3) is 0 Å². The molecule has 1 aliphatic heterocycles. The molecule has 0 radical (unpaired) electrons. The summed E-state index contributed by atoms with van der Waals surface area (Å²) in [5.41, 5.74) is 0. The number of ether oxygens (including phenoxy) is 1. The van der Waals surface area contributed by atoms with Crippen LogP contribution in [0.15, 0.2) is 26.3 Å². The van der Waals surface area contributed by atoms with Crippen molar-refractivity contribution in [1.82, 2.24) is 0 Å². The first-order valence-corrected chi connectivity index (χ1v) is 6.40. The van der Waals surface area contributed by atoms with Crippen LogP contribution in [0.4, 0.5) is 0 Å². The Balaban J connectivity index is 2.90. The van der Waals surface area contributed by atoms with Gasteiger partial charge in [0.15, 0.2) is 5.76 Å². The molecule has 0 aliphatic carbocycles. The van der Waals surface area contributed by atoms with Crippen LogP contribution < -0.4 is 0 Å². The molecule has 0 atom stereocenters. The Labute approximate surface area is 82.8 Å². The Kier molecular flexibility index (Phi) is 4.03. The van der Waals surface area contributed by atoms with Gasteiger partial charge in [0.1, 0.15) is 0 Å². The molecule has 66 valence electrons. The van der Waals surface area contributed by atoms with E-state index >= 15 is 0 Å². The molecular formula is C6H7NO2S3. The summed E-state index contributed by atoms with van der Waals surface area (Å²) in [7, 11) is 4.68. The minimum absolute atomic E-state index is 0.761. The molecule has 3 nitrogen and oxygen atoms in total. The molecule has 0 amide bonds. The van der Waals surface area contributed by atoms with Gasteiger partial charge in [0.05, 0.1) is 22.5 Å². The third-order valence-corrected chi connectivity index (χ3v) is 4.98. The maximum Gasteiger partial charge on any atom is 0.155 e. The van der Waals surface area contributed by atoms with Gasteiger partial charge in [0, 0.05) is 0 Å². The van der Waals surface area contributed by atoms with Crippen LogP contribution in [-0.2, 0) is 4.74 Å². The second kappa shape index (κ2) is 4.84. The van der Waals surface area contributed by atoms with Gasteiger partial charge in [-0.2, -0.15) is 0 Å². The number of methoxy groups -OCH3 is 1. The Bertz CT molecular complexity index is 246. The van der Waals surface area contributed by atoms with Crippen molar-refractivity contribution in [1.29, 1.82) is 0 Å². The van der Waals surface area contributed by atoms with Crippen molar-refractivity contribution in [3.63, 3.8) is 0 Å². The molecule has 0 N–H and O–H groups in total. The summed E-state index contributed by atoms with van der Waals surface area (Å²) >= 11 is 1.61. The van der Waals surface area contributed by atoms with Crippen molar-refractivity contribution >= 4 is 33.3 Å². The Morgan fingerprint density at radius 1 is 1.58 bits per heavy atom. The first-order valence-electron chi connectivity index (χ1n) is 3.03. The predicted molar refractivity (Wildman–Crippen MR) is 56.6 cm³/mol. The zero-order valence-corrected chi connectivity index (χ0v) is 9.02. The van der Waals surface area contributed by atoms with Gasteiger partial charge < -0.3 is 4.74 Å². The highest BCUT2D eigenvalue weighted by molar-refractivity contribution is 8.82. The molecule has 6 heteroatoms. The number of thioether (sulfide) groups is 1. The van der Waals surface area contributed by atoms with Crippen LogP contribution in [-0.4, -0.2) is 13.4 Å². The van der Waals surface area contributed by atoms with Crippen LogP contribution in [0.5, 0.6) is 0 Å². The molecule has 0 saturated carbocycles. The molecule has 0 aromatic heterocycles. The second-order valence-electron chi connectivity index (χ2n) is 1.79. The zero-order chi connectivity index (χ0) is 8.97. The predicted octanol–water partition coefficient (Wildman–Crippen LogP) is 3.17. The first-order chi connectivity index (χ1) is 5.83. The van der Waals surface area contributed by atoms with Crippen molar-refractivity contribution in [2.45, 2.75) is 0 Å². The van der Waals surface area contributed by atoms with E-state index in [-0.39, 0.29) is 0 Å². The van der Waals surface area contributed by atoms with Crippen LogP contribution in [0, 0.1) is 4.91 Å². The fourth-order valence-electron chi connectivity index (χ4n) is 0.698. The molecule has 0 bridgehead atoms. The van der Waals surface area contributed by atoms with Gasteiger partial charge in [-0.05, 0) is 33.0 Å². The van der Waals surface area contributed by atoms with E-state index in [1.807, 2.05) is 6.26 Å². The highest BCUT2D eigenvalue weighted by atomic mass is 33.1. The summed E-state index contributed by atoms with van der Waals surface area (Å²) in [5, 5.41) is 2.71. The van der Waals surface area contributed by atoms with Gasteiger partial charge in [-0.15, -0.1) is 16.7 Å². The Morgan fingerprint density at radius 2 is 2.33 bits per heavy atom. The number of nitrogens with zero attached hydrogens (tertiary/aromatic N) is 1. The average Bonchev–Trinajstić information content (AvgIpc) is 2.47. The van der Waals surface area contributed by atoms with Crippen molar-refractivity contribution in [3.8, 4) is 0 Å². The lowest BCUT2D eigenvalue weighted by Crippen LogP contribution is -1.85. The Hall–Kier alpha value is -0.0700.